The Hall–Kier alpha value is -2.87. The number of nitrogens with zero attached hydrogens (tertiary/aromatic N) is 5. The minimum Gasteiger partial charge on any atom is -0.344 e. The van der Waals surface area contributed by atoms with Crippen LogP contribution in [-0.2, 0) is 0 Å². The fourth-order valence-electron chi connectivity index (χ4n) is 3.44. The molecule has 1 fully saturated rings. The van der Waals surface area contributed by atoms with Crippen molar-refractivity contribution >= 4 is 33.5 Å². The van der Waals surface area contributed by atoms with E-state index in [1.54, 1.807) is 55.9 Å². The van der Waals surface area contributed by atoms with Gasteiger partial charge in [-0.15, -0.1) is 11.3 Å². The highest BCUT2D eigenvalue weighted by Gasteiger charge is 2.34. The number of pyridine rings is 1. The molecule has 3 aromatic heterocycles. The molecule has 138 valence electrons. The highest BCUT2D eigenvalue weighted by Crippen LogP contribution is 2.39. The van der Waals surface area contributed by atoms with Gasteiger partial charge in [0.1, 0.15) is 10.3 Å². The molecule has 27 heavy (non-hydrogen) atoms. The molecule has 1 aliphatic rings. The zero-order chi connectivity index (χ0) is 19.0. The Balaban J connectivity index is 1.68. The van der Waals surface area contributed by atoms with Gasteiger partial charge in [0, 0.05) is 69.0 Å². The van der Waals surface area contributed by atoms with Gasteiger partial charge in [0.05, 0.1) is 4.88 Å². The molecular weight excluding hydrogens is 362 g/mol. The van der Waals surface area contributed by atoms with E-state index in [0.717, 1.165) is 22.3 Å². The second-order valence-corrected chi connectivity index (χ2v) is 7.73. The summed E-state index contributed by atoms with van der Waals surface area (Å²) < 4.78 is 0. The first kappa shape index (κ1) is 17.5. The van der Waals surface area contributed by atoms with Crippen LogP contribution in [0.25, 0.3) is 10.3 Å². The van der Waals surface area contributed by atoms with Gasteiger partial charge in [-0.1, -0.05) is 0 Å². The largest absolute Gasteiger partial charge is 0.344 e. The molecule has 1 unspecified atom stereocenters. The second-order valence-electron chi connectivity index (χ2n) is 6.73. The number of carbonyl (C=O) groups is 2. The molecule has 0 bridgehead atoms. The molecule has 1 saturated heterocycles. The average molecular weight is 381 g/mol. The standard InChI is InChI=1S/C19H19N5O2S/c1-23(2)19(26)16-14(15-17(27-16)22-9-8-21-15)13-5-10-24(11-13)18(25)12-3-6-20-7-4-12/h3-4,6-9,13H,5,10-11H2,1-2H3. The van der Waals surface area contributed by atoms with Crippen molar-refractivity contribution in [2.45, 2.75) is 12.3 Å². The molecule has 0 saturated carbocycles. The lowest BCUT2D eigenvalue weighted by molar-refractivity contribution is 0.0790. The second kappa shape index (κ2) is 7.03. The fourth-order valence-corrected chi connectivity index (χ4v) is 4.65. The van der Waals surface area contributed by atoms with Gasteiger partial charge in [0.2, 0.25) is 0 Å². The van der Waals surface area contributed by atoms with Gasteiger partial charge in [0.25, 0.3) is 11.8 Å². The normalized spacial score (nSPS) is 16.7. The lowest BCUT2D eigenvalue weighted by Crippen LogP contribution is -2.28. The Morgan fingerprint density at radius 3 is 2.63 bits per heavy atom. The Kier molecular flexibility index (Phi) is 4.57. The van der Waals surface area contributed by atoms with Gasteiger partial charge < -0.3 is 9.80 Å². The summed E-state index contributed by atoms with van der Waals surface area (Å²) in [5.74, 6) is 0.0138. The zero-order valence-electron chi connectivity index (χ0n) is 15.1. The average Bonchev–Trinajstić information content (AvgIpc) is 3.31. The number of aromatic nitrogens is 3. The minimum absolute atomic E-state index is 0.00833. The molecule has 0 N–H and O–H groups in total. The van der Waals surface area contributed by atoms with Crippen LogP contribution in [0.15, 0.2) is 36.9 Å². The van der Waals surface area contributed by atoms with Crippen molar-refractivity contribution in [1.29, 1.82) is 0 Å². The van der Waals surface area contributed by atoms with Crippen LogP contribution in [0.3, 0.4) is 0 Å². The highest BCUT2D eigenvalue weighted by molar-refractivity contribution is 7.20. The number of hydrogen-bond acceptors (Lipinski definition) is 6. The van der Waals surface area contributed by atoms with Crippen LogP contribution in [0.2, 0.25) is 0 Å². The lowest BCUT2D eigenvalue weighted by atomic mass is 9.97. The summed E-state index contributed by atoms with van der Waals surface area (Å²) in [4.78, 5) is 43.1. The molecule has 8 heteroatoms. The molecule has 2 amide bonds. The van der Waals surface area contributed by atoms with E-state index >= 15 is 0 Å². The molecule has 7 nitrogen and oxygen atoms in total. The number of fused-ring (bicyclic) bond motifs is 1. The molecule has 1 atom stereocenters. The topological polar surface area (TPSA) is 79.3 Å². The van der Waals surface area contributed by atoms with Crippen molar-refractivity contribution in [3.05, 3.63) is 52.9 Å². The Labute approximate surface area is 160 Å². The maximum atomic E-state index is 12.8. The van der Waals surface area contributed by atoms with Crippen LogP contribution in [0.1, 0.15) is 37.9 Å². The summed E-state index contributed by atoms with van der Waals surface area (Å²) in [6, 6.07) is 3.45. The first-order valence-electron chi connectivity index (χ1n) is 8.70. The Morgan fingerprint density at radius 1 is 1.15 bits per heavy atom. The predicted molar refractivity (Wildman–Crippen MR) is 103 cm³/mol. The van der Waals surface area contributed by atoms with Crippen LogP contribution < -0.4 is 0 Å². The van der Waals surface area contributed by atoms with Crippen LogP contribution in [0, 0.1) is 0 Å². The van der Waals surface area contributed by atoms with E-state index in [0.29, 0.717) is 23.5 Å². The summed E-state index contributed by atoms with van der Waals surface area (Å²) in [6.45, 7) is 1.22. The van der Waals surface area contributed by atoms with E-state index in [2.05, 4.69) is 15.0 Å². The maximum Gasteiger partial charge on any atom is 0.263 e. The van der Waals surface area contributed by atoms with Crippen molar-refractivity contribution in [3.63, 3.8) is 0 Å². The van der Waals surface area contributed by atoms with E-state index in [1.807, 2.05) is 4.90 Å². The first-order chi connectivity index (χ1) is 13.1. The third-order valence-corrected chi connectivity index (χ3v) is 5.87. The number of hydrogen-bond donors (Lipinski definition) is 0. The number of thiophene rings is 1. The summed E-state index contributed by atoms with van der Waals surface area (Å²) in [5.41, 5.74) is 2.33. The van der Waals surface area contributed by atoms with Crippen LogP contribution in [0.4, 0.5) is 0 Å². The van der Waals surface area contributed by atoms with E-state index in [4.69, 9.17) is 0 Å². The zero-order valence-corrected chi connectivity index (χ0v) is 15.9. The third-order valence-electron chi connectivity index (χ3n) is 4.77. The summed E-state index contributed by atoms with van der Waals surface area (Å²) in [5, 5.41) is 0. The van der Waals surface area contributed by atoms with Gasteiger partial charge in [-0.2, -0.15) is 0 Å². The SMILES string of the molecule is CN(C)C(=O)c1sc2nccnc2c1C1CCN(C(=O)c2ccncc2)C1. The third kappa shape index (κ3) is 3.16. The molecule has 0 aliphatic carbocycles. The first-order valence-corrected chi connectivity index (χ1v) is 9.52. The maximum absolute atomic E-state index is 12.8. The Morgan fingerprint density at radius 2 is 1.89 bits per heavy atom. The van der Waals surface area contributed by atoms with Crippen LogP contribution in [-0.4, -0.2) is 63.8 Å². The smallest absolute Gasteiger partial charge is 0.263 e. The molecular formula is C19H19N5O2S. The van der Waals surface area contributed by atoms with Crippen LogP contribution in [0.5, 0.6) is 0 Å². The Bertz CT molecular complexity index is 1000. The predicted octanol–water partition coefficient (Wildman–Crippen LogP) is 2.42. The molecule has 1 aliphatic heterocycles. The number of carbonyl (C=O) groups excluding carboxylic acids is 2. The van der Waals surface area contributed by atoms with Crippen molar-refractivity contribution in [1.82, 2.24) is 24.8 Å². The van der Waals surface area contributed by atoms with Crippen molar-refractivity contribution in [2.24, 2.45) is 0 Å². The molecule has 4 heterocycles. The van der Waals surface area contributed by atoms with Gasteiger partial charge in [-0.05, 0) is 18.6 Å². The molecule has 4 rings (SSSR count). The van der Waals surface area contributed by atoms with E-state index in [1.165, 1.54) is 11.3 Å². The van der Waals surface area contributed by atoms with Crippen LogP contribution >= 0.6 is 11.3 Å². The van der Waals surface area contributed by atoms with E-state index < -0.39 is 0 Å². The monoisotopic (exact) mass is 381 g/mol. The van der Waals surface area contributed by atoms with Gasteiger partial charge in [-0.3, -0.25) is 19.6 Å². The molecule has 0 radical (unpaired) electrons. The lowest BCUT2D eigenvalue weighted by Gasteiger charge is -2.17. The van der Waals surface area contributed by atoms with Crippen molar-refractivity contribution < 1.29 is 9.59 Å². The minimum atomic E-state index is -0.0475. The van der Waals surface area contributed by atoms with Gasteiger partial charge in [-0.25, -0.2) is 4.98 Å². The van der Waals surface area contributed by atoms with E-state index in [9.17, 15) is 9.59 Å². The molecule has 0 aromatic carbocycles. The number of amides is 2. The number of likely N-dealkylation sites (tertiary alicyclic amines) is 1. The van der Waals surface area contributed by atoms with Gasteiger partial charge in [0.15, 0.2) is 0 Å². The molecule has 0 spiro atoms. The van der Waals surface area contributed by atoms with Crippen molar-refractivity contribution in [3.8, 4) is 0 Å². The van der Waals surface area contributed by atoms with E-state index in [-0.39, 0.29) is 17.7 Å². The molecule has 3 aromatic rings. The summed E-state index contributed by atoms with van der Waals surface area (Å²) in [6.07, 6.45) is 7.33. The fraction of sp³-hybridized carbons (Fsp3) is 0.316. The van der Waals surface area contributed by atoms with Crippen molar-refractivity contribution in [2.75, 3.05) is 27.2 Å². The summed E-state index contributed by atoms with van der Waals surface area (Å²) in [7, 11) is 3.48. The number of rotatable bonds is 3. The quantitative estimate of drug-likeness (QED) is 0.696. The highest BCUT2D eigenvalue weighted by atomic mass is 32.1. The van der Waals surface area contributed by atoms with Gasteiger partial charge >= 0.3 is 0 Å². The summed E-state index contributed by atoms with van der Waals surface area (Å²) >= 11 is 1.38.